The fourth-order valence-corrected chi connectivity index (χ4v) is 4.38. The van der Waals surface area contributed by atoms with Crippen LogP contribution in [-0.2, 0) is 4.74 Å². The van der Waals surface area contributed by atoms with Crippen LogP contribution in [0.3, 0.4) is 0 Å². The number of pyridine rings is 1. The quantitative estimate of drug-likeness (QED) is 0.282. The number of halogens is 2. The Hall–Kier alpha value is -3.41. The summed E-state index contributed by atoms with van der Waals surface area (Å²) in [7, 11) is 0. The molecule has 4 aromatic rings. The van der Waals surface area contributed by atoms with Crippen molar-refractivity contribution in [1.82, 2.24) is 4.98 Å². The summed E-state index contributed by atoms with van der Waals surface area (Å²) >= 11 is 12.5. The molecule has 178 valence electrons. The van der Waals surface area contributed by atoms with Gasteiger partial charge in [0.2, 0.25) is 0 Å². The first kappa shape index (κ1) is 24.7. The second kappa shape index (κ2) is 10.1. The minimum Gasteiger partial charge on any atom is -0.459 e. The van der Waals surface area contributed by atoms with Crippen molar-refractivity contribution < 1.29 is 14.3 Å². The Morgan fingerprint density at radius 1 is 0.943 bits per heavy atom. The van der Waals surface area contributed by atoms with Crippen LogP contribution in [0.15, 0.2) is 60.7 Å². The molecule has 0 saturated heterocycles. The molecule has 0 bridgehead atoms. The molecule has 1 N–H and O–H groups in total. The van der Waals surface area contributed by atoms with E-state index in [0.29, 0.717) is 38.1 Å². The van der Waals surface area contributed by atoms with Crippen LogP contribution in [0.4, 0.5) is 5.69 Å². The zero-order valence-corrected chi connectivity index (χ0v) is 21.3. The van der Waals surface area contributed by atoms with E-state index >= 15 is 0 Å². The molecule has 0 unspecified atom stereocenters. The molecule has 0 spiro atoms. The monoisotopic (exact) mass is 506 g/mol. The number of rotatable bonds is 5. The molecule has 4 rings (SSSR count). The molecule has 1 aromatic heterocycles. The number of aryl methyl sites for hydroxylation is 2. The topological polar surface area (TPSA) is 68.3 Å². The van der Waals surface area contributed by atoms with E-state index in [4.69, 9.17) is 32.9 Å². The molecule has 0 aliphatic heterocycles. The van der Waals surface area contributed by atoms with E-state index in [9.17, 15) is 9.59 Å². The highest BCUT2D eigenvalue weighted by atomic mass is 35.5. The smallest absolute Gasteiger partial charge is 0.338 e. The van der Waals surface area contributed by atoms with E-state index in [1.54, 1.807) is 62.4 Å². The number of nitrogens with one attached hydrogen (secondary N) is 1. The summed E-state index contributed by atoms with van der Waals surface area (Å²) < 4.78 is 5.22. The van der Waals surface area contributed by atoms with Crippen LogP contribution in [0.2, 0.25) is 10.0 Å². The molecule has 0 atom stereocenters. The molecule has 0 saturated carbocycles. The second-order valence-corrected chi connectivity index (χ2v) is 9.49. The first-order valence-corrected chi connectivity index (χ1v) is 11.9. The summed E-state index contributed by atoms with van der Waals surface area (Å²) in [5, 5.41) is 4.63. The number of hydrogen-bond donors (Lipinski definition) is 1. The number of anilines is 1. The third-order valence-electron chi connectivity index (χ3n) is 5.42. The molecule has 0 fully saturated rings. The Bertz CT molecular complexity index is 1450. The van der Waals surface area contributed by atoms with Crippen LogP contribution in [0, 0.1) is 13.8 Å². The van der Waals surface area contributed by atoms with Crippen molar-refractivity contribution >= 4 is 51.7 Å². The van der Waals surface area contributed by atoms with Crippen molar-refractivity contribution in [3.63, 3.8) is 0 Å². The van der Waals surface area contributed by atoms with Crippen molar-refractivity contribution in [2.45, 2.75) is 33.8 Å². The molecule has 5 nitrogen and oxygen atoms in total. The van der Waals surface area contributed by atoms with E-state index < -0.39 is 5.97 Å². The number of nitrogens with zero attached hydrogens (tertiary/aromatic N) is 1. The minimum absolute atomic E-state index is 0.211. The maximum Gasteiger partial charge on any atom is 0.338 e. The van der Waals surface area contributed by atoms with Gasteiger partial charge in [-0.1, -0.05) is 34.8 Å². The first-order chi connectivity index (χ1) is 16.6. The number of esters is 1. The predicted molar refractivity (Wildman–Crippen MR) is 142 cm³/mol. The normalized spacial score (nSPS) is 11.1. The summed E-state index contributed by atoms with van der Waals surface area (Å²) in [6.07, 6.45) is -0.211. The van der Waals surface area contributed by atoms with Crippen LogP contribution in [0.25, 0.3) is 22.2 Å². The lowest BCUT2D eigenvalue weighted by atomic mass is 9.99. The highest BCUT2D eigenvalue weighted by Crippen LogP contribution is 2.33. The second-order valence-electron chi connectivity index (χ2n) is 8.64. The minimum atomic E-state index is -0.409. The van der Waals surface area contributed by atoms with Crippen molar-refractivity contribution in [3.8, 4) is 11.3 Å². The molecule has 7 heteroatoms. The van der Waals surface area contributed by atoms with Gasteiger partial charge in [-0.05, 0) is 87.9 Å². The third-order valence-corrected chi connectivity index (χ3v) is 5.97. The maximum atomic E-state index is 13.5. The number of fused-ring (bicyclic) bond motifs is 1. The predicted octanol–water partition coefficient (Wildman–Crippen LogP) is 7.64. The van der Waals surface area contributed by atoms with Gasteiger partial charge in [-0.3, -0.25) is 4.79 Å². The molecule has 0 aliphatic carbocycles. The molecular formula is C28H24Cl2N2O3. The maximum absolute atomic E-state index is 13.5. The molecule has 0 radical (unpaired) electrons. The lowest BCUT2D eigenvalue weighted by Gasteiger charge is -2.14. The molecule has 3 aromatic carbocycles. The Morgan fingerprint density at radius 3 is 2.31 bits per heavy atom. The zero-order chi connectivity index (χ0) is 25.3. The van der Waals surface area contributed by atoms with E-state index in [1.165, 1.54) is 0 Å². The van der Waals surface area contributed by atoms with Gasteiger partial charge in [-0.25, -0.2) is 9.78 Å². The average Bonchev–Trinajstić information content (AvgIpc) is 2.78. The Morgan fingerprint density at radius 2 is 1.66 bits per heavy atom. The van der Waals surface area contributed by atoms with Crippen molar-refractivity contribution in [2.75, 3.05) is 5.32 Å². The summed E-state index contributed by atoms with van der Waals surface area (Å²) in [4.78, 5) is 30.4. The third kappa shape index (κ3) is 5.47. The van der Waals surface area contributed by atoms with Gasteiger partial charge in [0.1, 0.15) is 0 Å². The van der Waals surface area contributed by atoms with Crippen molar-refractivity contribution in [3.05, 3.63) is 93.0 Å². The SMILES string of the molecule is Cc1cc(C)c2nc(-c3ccc(Cl)cc3Cl)cc(C(=O)Nc3ccc(C(=O)OC(C)C)cc3)c2c1. The number of amides is 1. The van der Waals surface area contributed by atoms with Gasteiger partial charge in [-0.2, -0.15) is 0 Å². The van der Waals surface area contributed by atoms with E-state index in [2.05, 4.69) is 5.32 Å². The van der Waals surface area contributed by atoms with Crippen LogP contribution in [-0.4, -0.2) is 23.0 Å². The Kier molecular flexibility index (Phi) is 7.10. The van der Waals surface area contributed by atoms with Crippen LogP contribution in [0.1, 0.15) is 45.7 Å². The summed E-state index contributed by atoms with van der Waals surface area (Å²) in [6.45, 7) is 7.53. The van der Waals surface area contributed by atoms with Gasteiger partial charge in [0.15, 0.2) is 0 Å². The average molecular weight is 507 g/mol. The Labute approximate surface area is 214 Å². The largest absolute Gasteiger partial charge is 0.459 e. The van der Waals surface area contributed by atoms with Gasteiger partial charge >= 0.3 is 5.97 Å². The van der Waals surface area contributed by atoms with Crippen LogP contribution < -0.4 is 5.32 Å². The number of carbonyl (C=O) groups is 2. The lowest BCUT2D eigenvalue weighted by Crippen LogP contribution is -2.14. The molecule has 1 heterocycles. The standard InChI is InChI=1S/C28H24Cl2N2O3/c1-15(2)35-28(34)18-5-8-20(9-6-18)31-27(33)23-14-25(21-10-7-19(29)13-24(21)30)32-26-17(4)11-16(3)12-22(23)26/h5-15H,1-4H3,(H,31,33). The lowest BCUT2D eigenvalue weighted by molar-refractivity contribution is 0.0378. The number of benzene rings is 3. The van der Waals surface area contributed by atoms with Gasteiger partial charge < -0.3 is 10.1 Å². The summed E-state index contributed by atoms with van der Waals surface area (Å²) in [5.41, 5.74) is 5.38. The van der Waals surface area contributed by atoms with E-state index in [0.717, 1.165) is 22.0 Å². The van der Waals surface area contributed by atoms with Gasteiger partial charge in [0.05, 0.1) is 33.5 Å². The fraction of sp³-hybridized carbons (Fsp3) is 0.179. The molecule has 0 aliphatic rings. The zero-order valence-electron chi connectivity index (χ0n) is 19.8. The van der Waals surface area contributed by atoms with Gasteiger partial charge in [0.25, 0.3) is 5.91 Å². The van der Waals surface area contributed by atoms with Crippen LogP contribution >= 0.6 is 23.2 Å². The number of aromatic nitrogens is 1. The fourth-order valence-electron chi connectivity index (χ4n) is 3.87. The highest BCUT2D eigenvalue weighted by molar-refractivity contribution is 6.36. The van der Waals surface area contributed by atoms with Crippen molar-refractivity contribution in [2.24, 2.45) is 0 Å². The highest BCUT2D eigenvalue weighted by Gasteiger charge is 2.18. The molecule has 35 heavy (non-hydrogen) atoms. The number of ether oxygens (including phenoxy) is 1. The van der Waals surface area contributed by atoms with Gasteiger partial charge in [0, 0.05) is 21.7 Å². The molecular weight excluding hydrogens is 483 g/mol. The number of carbonyl (C=O) groups excluding carboxylic acids is 2. The summed E-state index contributed by atoms with van der Waals surface area (Å²) in [6, 6.07) is 17.5. The summed E-state index contributed by atoms with van der Waals surface area (Å²) in [5.74, 6) is -0.709. The van der Waals surface area contributed by atoms with E-state index in [-0.39, 0.29) is 12.0 Å². The molecule has 1 amide bonds. The number of hydrogen-bond acceptors (Lipinski definition) is 4. The van der Waals surface area contributed by atoms with Crippen molar-refractivity contribution in [1.29, 1.82) is 0 Å². The van der Waals surface area contributed by atoms with Crippen LogP contribution in [0.5, 0.6) is 0 Å². The Balaban J connectivity index is 1.74. The van der Waals surface area contributed by atoms with Gasteiger partial charge in [-0.15, -0.1) is 0 Å². The van der Waals surface area contributed by atoms with E-state index in [1.807, 2.05) is 26.0 Å². The first-order valence-electron chi connectivity index (χ1n) is 11.1.